The van der Waals surface area contributed by atoms with Gasteiger partial charge >= 0.3 is 0 Å². The lowest BCUT2D eigenvalue weighted by Crippen LogP contribution is -2.40. The number of hydrogen-bond acceptors (Lipinski definition) is 4. The predicted octanol–water partition coefficient (Wildman–Crippen LogP) is 2.75. The van der Waals surface area contributed by atoms with Crippen molar-refractivity contribution in [1.29, 1.82) is 0 Å². The molecule has 1 aromatic heterocycles. The minimum Gasteiger partial charge on any atom is -0.352 e. The third kappa shape index (κ3) is 3.90. The van der Waals surface area contributed by atoms with Gasteiger partial charge in [0.2, 0.25) is 0 Å². The van der Waals surface area contributed by atoms with E-state index in [9.17, 15) is 0 Å². The number of rotatable bonds is 6. The largest absolute Gasteiger partial charge is 0.352 e. The molecule has 1 aliphatic rings. The van der Waals surface area contributed by atoms with E-state index in [0.717, 1.165) is 31.1 Å². The summed E-state index contributed by atoms with van der Waals surface area (Å²) in [6, 6.07) is 4.89. The fraction of sp³-hybridized carbons (Fsp3) is 0.733. The summed E-state index contributed by atoms with van der Waals surface area (Å²) in [6.07, 6.45) is 6.44. The van der Waals surface area contributed by atoms with Crippen molar-refractivity contribution in [2.45, 2.75) is 58.5 Å². The van der Waals surface area contributed by atoms with Gasteiger partial charge in [-0.05, 0) is 44.4 Å². The van der Waals surface area contributed by atoms with E-state index < -0.39 is 0 Å². The van der Waals surface area contributed by atoms with Gasteiger partial charge in [-0.2, -0.15) is 5.10 Å². The summed E-state index contributed by atoms with van der Waals surface area (Å²) in [6.45, 7) is 7.27. The number of aromatic nitrogens is 2. The van der Waals surface area contributed by atoms with Gasteiger partial charge in [-0.25, -0.2) is 0 Å². The Bertz CT molecular complexity index is 361. The molecule has 0 bridgehead atoms. The molecule has 0 aromatic carbocycles. The molecular weight excluding hydrogens is 236 g/mol. The van der Waals surface area contributed by atoms with Crippen LogP contribution in [-0.2, 0) is 6.54 Å². The first kappa shape index (κ1) is 14.3. The third-order valence-corrected chi connectivity index (χ3v) is 3.81. The van der Waals surface area contributed by atoms with Crippen LogP contribution in [0.25, 0.3) is 0 Å². The highest BCUT2D eigenvalue weighted by atomic mass is 15.3. The second-order valence-corrected chi connectivity index (χ2v) is 5.29. The minimum atomic E-state index is 0.660. The smallest absolute Gasteiger partial charge is 0.151 e. The van der Waals surface area contributed by atoms with Crippen LogP contribution in [0.4, 0.5) is 5.82 Å². The highest BCUT2D eigenvalue weighted by molar-refractivity contribution is 5.39. The Morgan fingerprint density at radius 2 is 2.16 bits per heavy atom. The Balaban J connectivity index is 2.02. The molecule has 1 fully saturated rings. The van der Waals surface area contributed by atoms with Gasteiger partial charge in [-0.3, -0.25) is 0 Å². The summed E-state index contributed by atoms with van der Waals surface area (Å²) in [7, 11) is 0. The van der Waals surface area contributed by atoms with Gasteiger partial charge in [0.25, 0.3) is 0 Å². The number of nitrogens with one attached hydrogen (secondary N) is 1. The Hall–Kier alpha value is -1.16. The molecule has 19 heavy (non-hydrogen) atoms. The zero-order chi connectivity index (χ0) is 13.5. The fourth-order valence-corrected chi connectivity index (χ4v) is 2.79. The Kier molecular flexibility index (Phi) is 5.58. The van der Waals surface area contributed by atoms with Crippen LogP contribution in [0, 0.1) is 0 Å². The molecular formula is C15H26N4. The molecule has 106 valence electrons. The lowest BCUT2D eigenvalue weighted by atomic mass is 9.98. The summed E-state index contributed by atoms with van der Waals surface area (Å²) >= 11 is 0. The average Bonchev–Trinajstić information content (AvgIpc) is 2.47. The van der Waals surface area contributed by atoms with Crippen molar-refractivity contribution in [1.82, 2.24) is 15.5 Å². The molecule has 1 N–H and O–H groups in total. The van der Waals surface area contributed by atoms with Gasteiger partial charge in [-0.1, -0.05) is 20.3 Å². The number of nitrogens with zero attached hydrogens (tertiary/aromatic N) is 3. The molecule has 2 heterocycles. The standard InChI is InChI=1S/C15H26N4/c1-3-7-14-8-5-6-11-19(14)15-10-9-13(17-18-15)12-16-4-2/h9-10,14,16H,3-8,11-12H2,1-2H3. The lowest BCUT2D eigenvalue weighted by molar-refractivity contribution is 0.430. The molecule has 4 nitrogen and oxygen atoms in total. The van der Waals surface area contributed by atoms with Crippen molar-refractivity contribution in [3.63, 3.8) is 0 Å². The maximum Gasteiger partial charge on any atom is 0.151 e. The van der Waals surface area contributed by atoms with E-state index in [1.165, 1.54) is 32.1 Å². The number of anilines is 1. The summed E-state index contributed by atoms with van der Waals surface area (Å²) < 4.78 is 0. The lowest BCUT2D eigenvalue weighted by Gasteiger charge is -2.36. The van der Waals surface area contributed by atoms with E-state index in [0.29, 0.717) is 6.04 Å². The van der Waals surface area contributed by atoms with Crippen LogP contribution in [-0.4, -0.2) is 29.3 Å². The van der Waals surface area contributed by atoms with Gasteiger partial charge in [0.1, 0.15) is 0 Å². The van der Waals surface area contributed by atoms with Crippen LogP contribution >= 0.6 is 0 Å². The van der Waals surface area contributed by atoms with Crippen LogP contribution in [0.5, 0.6) is 0 Å². The molecule has 4 heteroatoms. The first-order chi connectivity index (χ1) is 9.35. The molecule has 0 aliphatic carbocycles. The van der Waals surface area contributed by atoms with Crippen molar-refractivity contribution in [2.24, 2.45) is 0 Å². The monoisotopic (exact) mass is 262 g/mol. The zero-order valence-electron chi connectivity index (χ0n) is 12.2. The number of hydrogen-bond donors (Lipinski definition) is 1. The maximum atomic E-state index is 4.42. The molecule has 0 spiro atoms. The molecule has 1 saturated heterocycles. The van der Waals surface area contributed by atoms with Crippen molar-refractivity contribution in [3.05, 3.63) is 17.8 Å². The first-order valence-electron chi connectivity index (χ1n) is 7.65. The highest BCUT2D eigenvalue weighted by Gasteiger charge is 2.22. The second-order valence-electron chi connectivity index (χ2n) is 5.29. The molecule has 0 amide bonds. The van der Waals surface area contributed by atoms with Crippen LogP contribution in [0.3, 0.4) is 0 Å². The molecule has 1 atom stereocenters. The topological polar surface area (TPSA) is 41.0 Å². The Morgan fingerprint density at radius 1 is 1.26 bits per heavy atom. The van der Waals surface area contributed by atoms with Crippen molar-refractivity contribution in [2.75, 3.05) is 18.0 Å². The van der Waals surface area contributed by atoms with E-state index in [1.807, 2.05) is 0 Å². The van der Waals surface area contributed by atoms with Crippen molar-refractivity contribution in [3.8, 4) is 0 Å². The Morgan fingerprint density at radius 3 is 2.84 bits per heavy atom. The van der Waals surface area contributed by atoms with Gasteiger partial charge < -0.3 is 10.2 Å². The van der Waals surface area contributed by atoms with E-state index in [-0.39, 0.29) is 0 Å². The summed E-state index contributed by atoms with van der Waals surface area (Å²) in [4.78, 5) is 2.46. The molecule has 0 radical (unpaired) electrons. The van der Waals surface area contributed by atoms with Crippen LogP contribution in [0.15, 0.2) is 12.1 Å². The molecule has 1 aromatic rings. The normalized spacial score (nSPS) is 19.7. The maximum absolute atomic E-state index is 4.42. The fourth-order valence-electron chi connectivity index (χ4n) is 2.79. The summed E-state index contributed by atoms with van der Waals surface area (Å²) in [5.41, 5.74) is 1.02. The van der Waals surface area contributed by atoms with E-state index in [4.69, 9.17) is 0 Å². The van der Waals surface area contributed by atoms with Crippen LogP contribution in [0.2, 0.25) is 0 Å². The molecule has 2 rings (SSSR count). The SMILES string of the molecule is CCCC1CCCCN1c1ccc(CNCC)nn1. The predicted molar refractivity (Wildman–Crippen MR) is 79.3 cm³/mol. The molecule has 1 aliphatic heterocycles. The van der Waals surface area contributed by atoms with Crippen molar-refractivity contribution < 1.29 is 0 Å². The van der Waals surface area contributed by atoms with Crippen LogP contribution < -0.4 is 10.2 Å². The van der Waals surface area contributed by atoms with Gasteiger partial charge in [0, 0.05) is 19.1 Å². The molecule has 1 unspecified atom stereocenters. The quantitative estimate of drug-likeness (QED) is 0.856. The van der Waals surface area contributed by atoms with Gasteiger partial charge in [-0.15, -0.1) is 5.10 Å². The summed E-state index contributed by atoms with van der Waals surface area (Å²) in [5.74, 6) is 1.05. The minimum absolute atomic E-state index is 0.660. The first-order valence-corrected chi connectivity index (χ1v) is 7.65. The van der Waals surface area contributed by atoms with Crippen molar-refractivity contribution >= 4 is 5.82 Å². The van der Waals surface area contributed by atoms with E-state index in [1.54, 1.807) is 0 Å². The van der Waals surface area contributed by atoms with E-state index >= 15 is 0 Å². The summed E-state index contributed by atoms with van der Waals surface area (Å²) in [5, 5.41) is 12.0. The number of piperidine rings is 1. The molecule has 0 saturated carbocycles. The highest BCUT2D eigenvalue weighted by Crippen LogP contribution is 2.25. The zero-order valence-corrected chi connectivity index (χ0v) is 12.2. The van der Waals surface area contributed by atoms with Gasteiger partial charge in [0.05, 0.1) is 5.69 Å². The third-order valence-electron chi connectivity index (χ3n) is 3.81. The van der Waals surface area contributed by atoms with Crippen LogP contribution in [0.1, 0.15) is 51.6 Å². The Labute approximate surface area is 116 Å². The van der Waals surface area contributed by atoms with Gasteiger partial charge in [0.15, 0.2) is 5.82 Å². The van der Waals surface area contributed by atoms with E-state index in [2.05, 4.69) is 46.4 Å². The second kappa shape index (κ2) is 7.43. The average molecular weight is 262 g/mol.